The fourth-order valence-corrected chi connectivity index (χ4v) is 2.83. The van der Waals surface area contributed by atoms with Gasteiger partial charge in [-0.25, -0.2) is 0 Å². The SMILES string of the molecule is O=C(O)[C@@H]1CCCN(C(=O)CCc2nnc(-c3ccccc3)o2)C1. The summed E-state index contributed by atoms with van der Waals surface area (Å²) in [6.45, 7) is 0.898. The van der Waals surface area contributed by atoms with Crippen LogP contribution in [0.3, 0.4) is 0 Å². The maximum absolute atomic E-state index is 12.3. The Morgan fingerprint density at radius 3 is 2.79 bits per heavy atom. The molecule has 0 bridgehead atoms. The molecule has 0 spiro atoms. The summed E-state index contributed by atoms with van der Waals surface area (Å²) < 4.78 is 5.58. The van der Waals surface area contributed by atoms with E-state index in [2.05, 4.69) is 10.2 Å². The fourth-order valence-electron chi connectivity index (χ4n) is 2.83. The van der Waals surface area contributed by atoms with Crippen molar-refractivity contribution >= 4 is 11.9 Å². The van der Waals surface area contributed by atoms with Gasteiger partial charge in [-0.05, 0) is 25.0 Å². The molecule has 0 unspecified atom stereocenters. The Labute approximate surface area is 139 Å². The number of rotatable bonds is 5. The Bertz CT molecular complexity index is 714. The molecule has 1 amide bonds. The van der Waals surface area contributed by atoms with Crippen molar-refractivity contribution in [3.05, 3.63) is 36.2 Å². The first-order chi connectivity index (χ1) is 11.6. The molecule has 0 aliphatic carbocycles. The second-order valence-electron chi connectivity index (χ2n) is 5.88. The number of aliphatic carboxylic acids is 1. The zero-order chi connectivity index (χ0) is 16.9. The summed E-state index contributed by atoms with van der Waals surface area (Å²) in [7, 11) is 0. The molecule has 24 heavy (non-hydrogen) atoms. The van der Waals surface area contributed by atoms with Crippen LogP contribution in [0.2, 0.25) is 0 Å². The molecule has 0 radical (unpaired) electrons. The lowest BCUT2D eigenvalue weighted by molar-refractivity contribution is -0.145. The van der Waals surface area contributed by atoms with Gasteiger partial charge in [0.05, 0.1) is 5.92 Å². The highest BCUT2D eigenvalue weighted by Crippen LogP contribution is 2.19. The monoisotopic (exact) mass is 329 g/mol. The number of benzene rings is 1. The largest absolute Gasteiger partial charge is 0.481 e. The van der Waals surface area contributed by atoms with Crippen LogP contribution in [-0.2, 0) is 16.0 Å². The predicted molar refractivity (Wildman–Crippen MR) is 85.0 cm³/mol. The van der Waals surface area contributed by atoms with E-state index in [-0.39, 0.29) is 18.9 Å². The zero-order valence-electron chi connectivity index (χ0n) is 13.2. The Hall–Kier alpha value is -2.70. The van der Waals surface area contributed by atoms with Gasteiger partial charge in [-0.1, -0.05) is 18.2 Å². The van der Waals surface area contributed by atoms with Crippen molar-refractivity contribution in [2.24, 2.45) is 5.92 Å². The summed E-state index contributed by atoms with van der Waals surface area (Å²) in [6, 6.07) is 9.43. The molecule has 1 aliphatic heterocycles. The molecular weight excluding hydrogens is 310 g/mol. The molecule has 2 heterocycles. The van der Waals surface area contributed by atoms with Crippen molar-refractivity contribution in [1.82, 2.24) is 15.1 Å². The van der Waals surface area contributed by atoms with Gasteiger partial charge in [0, 0.05) is 31.5 Å². The lowest BCUT2D eigenvalue weighted by Crippen LogP contribution is -2.42. The Morgan fingerprint density at radius 2 is 2.04 bits per heavy atom. The average Bonchev–Trinajstić information content (AvgIpc) is 3.09. The van der Waals surface area contributed by atoms with E-state index in [4.69, 9.17) is 9.52 Å². The van der Waals surface area contributed by atoms with Gasteiger partial charge in [0.1, 0.15) is 0 Å². The molecular formula is C17H19N3O4. The van der Waals surface area contributed by atoms with E-state index in [1.165, 1.54) is 0 Å². The summed E-state index contributed by atoms with van der Waals surface area (Å²) in [4.78, 5) is 24.9. The third-order valence-corrected chi connectivity index (χ3v) is 4.16. The lowest BCUT2D eigenvalue weighted by atomic mass is 9.98. The van der Waals surface area contributed by atoms with Crippen LogP contribution in [0.4, 0.5) is 0 Å². The first-order valence-corrected chi connectivity index (χ1v) is 8.02. The van der Waals surface area contributed by atoms with Crippen LogP contribution in [0, 0.1) is 5.92 Å². The van der Waals surface area contributed by atoms with Gasteiger partial charge in [-0.15, -0.1) is 10.2 Å². The molecule has 1 N–H and O–H groups in total. The predicted octanol–water partition coefficient (Wildman–Crippen LogP) is 1.99. The molecule has 7 nitrogen and oxygen atoms in total. The van der Waals surface area contributed by atoms with E-state index in [0.717, 1.165) is 12.0 Å². The molecule has 7 heteroatoms. The fraction of sp³-hybridized carbons (Fsp3) is 0.412. The van der Waals surface area contributed by atoms with Gasteiger partial charge in [0.2, 0.25) is 17.7 Å². The molecule has 126 valence electrons. The van der Waals surface area contributed by atoms with Crippen molar-refractivity contribution in [2.45, 2.75) is 25.7 Å². The third-order valence-electron chi connectivity index (χ3n) is 4.16. The number of nitrogens with zero attached hydrogens (tertiary/aromatic N) is 3. The van der Waals surface area contributed by atoms with Gasteiger partial charge in [0.15, 0.2) is 0 Å². The van der Waals surface area contributed by atoms with Crippen LogP contribution < -0.4 is 0 Å². The van der Waals surface area contributed by atoms with Crippen LogP contribution in [0.15, 0.2) is 34.7 Å². The van der Waals surface area contributed by atoms with Crippen LogP contribution in [0.1, 0.15) is 25.2 Å². The Kier molecular flexibility index (Phi) is 4.88. The summed E-state index contributed by atoms with van der Waals surface area (Å²) >= 11 is 0. The van der Waals surface area contributed by atoms with E-state index in [1.54, 1.807) is 4.90 Å². The minimum atomic E-state index is -0.836. The number of likely N-dealkylation sites (tertiary alicyclic amines) is 1. The smallest absolute Gasteiger partial charge is 0.308 e. The topological polar surface area (TPSA) is 96.5 Å². The highest BCUT2D eigenvalue weighted by atomic mass is 16.4. The lowest BCUT2D eigenvalue weighted by Gasteiger charge is -2.30. The van der Waals surface area contributed by atoms with E-state index >= 15 is 0 Å². The van der Waals surface area contributed by atoms with Gasteiger partial charge in [-0.2, -0.15) is 0 Å². The molecule has 1 atom stereocenters. The molecule has 1 fully saturated rings. The van der Waals surface area contributed by atoms with Crippen molar-refractivity contribution in [2.75, 3.05) is 13.1 Å². The highest BCUT2D eigenvalue weighted by molar-refractivity contribution is 5.78. The van der Waals surface area contributed by atoms with Gasteiger partial charge >= 0.3 is 5.97 Å². The number of carbonyl (C=O) groups is 2. The van der Waals surface area contributed by atoms with Gasteiger partial charge < -0.3 is 14.4 Å². The van der Waals surface area contributed by atoms with E-state index in [0.29, 0.717) is 31.2 Å². The summed E-state index contributed by atoms with van der Waals surface area (Å²) in [5.41, 5.74) is 0.836. The number of aryl methyl sites for hydroxylation is 1. The van der Waals surface area contributed by atoms with E-state index < -0.39 is 11.9 Å². The third kappa shape index (κ3) is 3.79. The number of carbonyl (C=O) groups excluding carboxylic acids is 1. The van der Waals surface area contributed by atoms with Crippen LogP contribution in [0.25, 0.3) is 11.5 Å². The van der Waals surface area contributed by atoms with Gasteiger partial charge in [0.25, 0.3) is 0 Å². The molecule has 1 aromatic heterocycles. The van der Waals surface area contributed by atoms with Crippen LogP contribution in [-0.4, -0.2) is 45.2 Å². The van der Waals surface area contributed by atoms with Crippen molar-refractivity contribution in [3.8, 4) is 11.5 Å². The number of hydrogen-bond donors (Lipinski definition) is 1. The number of piperidine rings is 1. The second-order valence-corrected chi connectivity index (χ2v) is 5.88. The normalized spacial score (nSPS) is 17.7. The molecule has 1 saturated heterocycles. The quantitative estimate of drug-likeness (QED) is 0.901. The number of aromatic nitrogens is 2. The standard InChI is InChI=1S/C17H19N3O4/c21-15(20-10-4-7-13(11-20)17(22)23)9-8-14-18-19-16(24-14)12-5-2-1-3-6-12/h1-3,5-6,13H,4,7-11H2,(H,22,23)/t13-/m1/s1. The number of carboxylic acids is 1. The minimum Gasteiger partial charge on any atom is -0.481 e. The molecule has 1 aromatic carbocycles. The minimum absolute atomic E-state index is 0.0691. The van der Waals surface area contributed by atoms with Crippen molar-refractivity contribution < 1.29 is 19.1 Å². The Balaban J connectivity index is 1.55. The highest BCUT2D eigenvalue weighted by Gasteiger charge is 2.28. The van der Waals surface area contributed by atoms with Crippen molar-refractivity contribution in [1.29, 1.82) is 0 Å². The maximum atomic E-state index is 12.3. The van der Waals surface area contributed by atoms with E-state index in [1.807, 2.05) is 30.3 Å². The number of carboxylic acid groups (broad SMARTS) is 1. The summed E-state index contributed by atoms with van der Waals surface area (Å²) in [5.74, 6) is -0.524. The van der Waals surface area contributed by atoms with E-state index in [9.17, 15) is 9.59 Å². The molecule has 3 rings (SSSR count). The molecule has 0 saturated carbocycles. The Morgan fingerprint density at radius 1 is 1.25 bits per heavy atom. The van der Waals surface area contributed by atoms with Crippen LogP contribution in [0.5, 0.6) is 0 Å². The average molecular weight is 329 g/mol. The first-order valence-electron chi connectivity index (χ1n) is 8.02. The summed E-state index contributed by atoms with van der Waals surface area (Å²) in [6.07, 6.45) is 1.94. The van der Waals surface area contributed by atoms with Crippen LogP contribution >= 0.6 is 0 Å². The van der Waals surface area contributed by atoms with Gasteiger partial charge in [-0.3, -0.25) is 9.59 Å². The second kappa shape index (κ2) is 7.25. The molecule has 1 aliphatic rings. The number of hydrogen-bond acceptors (Lipinski definition) is 5. The van der Waals surface area contributed by atoms with Crippen molar-refractivity contribution in [3.63, 3.8) is 0 Å². The first kappa shape index (κ1) is 16.2. The zero-order valence-corrected chi connectivity index (χ0v) is 13.2. The number of amides is 1. The molecule has 2 aromatic rings. The summed E-state index contributed by atoms with van der Waals surface area (Å²) in [5, 5.41) is 17.0. The maximum Gasteiger partial charge on any atom is 0.308 e.